The molecular formula is C19H13FN2OS. The Balaban J connectivity index is 2.08. The van der Waals surface area contributed by atoms with Crippen molar-refractivity contribution in [1.29, 1.82) is 5.26 Å². The molecule has 0 aliphatic carbocycles. The fourth-order valence-electron chi connectivity index (χ4n) is 2.36. The number of halogens is 1. The highest BCUT2D eigenvalue weighted by atomic mass is 32.1. The van der Waals surface area contributed by atoms with Crippen molar-refractivity contribution in [3.8, 4) is 17.3 Å². The van der Waals surface area contributed by atoms with Crippen molar-refractivity contribution < 1.29 is 9.50 Å². The van der Waals surface area contributed by atoms with Crippen LogP contribution in [-0.4, -0.2) is 10.1 Å². The van der Waals surface area contributed by atoms with E-state index in [1.165, 1.54) is 29.5 Å². The fourth-order valence-corrected chi connectivity index (χ4v) is 3.18. The SMILES string of the molecule is Cc1ccccc1-c1csc(C(C#N)=C(O)c2ccccc2F)n1. The van der Waals surface area contributed by atoms with Crippen LogP contribution in [0.2, 0.25) is 0 Å². The molecule has 1 N–H and O–H groups in total. The molecule has 0 aliphatic heterocycles. The van der Waals surface area contributed by atoms with E-state index in [0.717, 1.165) is 16.8 Å². The number of hydrogen-bond acceptors (Lipinski definition) is 4. The lowest BCUT2D eigenvalue weighted by molar-refractivity contribution is 0.504. The lowest BCUT2D eigenvalue weighted by atomic mass is 10.1. The van der Waals surface area contributed by atoms with E-state index in [9.17, 15) is 14.8 Å². The lowest BCUT2D eigenvalue weighted by Crippen LogP contribution is -1.93. The second kappa shape index (κ2) is 6.65. The van der Waals surface area contributed by atoms with Gasteiger partial charge in [-0.1, -0.05) is 36.4 Å². The maximum Gasteiger partial charge on any atom is 0.146 e. The summed E-state index contributed by atoms with van der Waals surface area (Å²) in [6, 6.07) is 15.5. The Morgan fingerprint density at radius 1 is 1.17 bits per heavy atom. The standard InChI is InChI=1S/C19H13FN2OS/c1-12-6-2-3-7-13(12)17-11-24-19(22-17)15(10-21)18(23)14-8-4-5-9-16(14)20/h2-9,11,23H,1H3. The molecule has 1 aromatic heterocycles. The lowest BCUT2D eigenvalue weighted by Gasteiger charge is -2.04. The van der Waals surface area contributed by atoms with Crippen molar-refractivity contribution in [1.82, 2.24) is 4.98 Å². The summed E-state index contributed by atoms with van der Waals surface area (Å²) in [7, 11) is 0. The number of thiazole rings is 1. The Kier molecular flexibility index (Phi) is 4.41. The first kappa shape index (κ1) is 15.9. The number of aliphatic hydroxyl groups excluding tert-OH is 1. The minimum Gasteiger partial charge on any atom is -0.506 e. The van der Waals surface area contributed by atoms with E-state index in [4.69, 9.17) is 0 Å². The Morgan fingerprint density at radius 2 is 1.88 bits per heavy atom. The number of nitriles is 1. The first-order valence-corrected chi connectivity index (χ1v) is 8.10. The molecule has 118 valence electrons. The van der Waals surface area contributed by atoms with Crippen LogP contribution in [0.4, 0.5) is 4.39 Å². The molecule has 24 heavy (non-hydrogen) atoms. The van der Waals surface area contributed by atoms with E-state index in [0.29, 0.717) is 5.01 Å². The van der Waals surface area contributed by atoms with Gasteiger partial charge in [-0.05, 0) is 24.6 Å². The monoisotopic (exact) mass is 336 g/mol. The summed E-state index contributed by atoms with van der Waals surface area (Å²) in [4.78, 5) is 4.44. The molecule has 3 aromatic rings. The van der Waals surface area contributed by atoms with Crippen molar-refractivity contribution >= 4 is 22.7 Å². The molecule has 1 heterocycles. The van der Waals surface area contributed by atoms with Crippen LogP contribution in [0.15, 0.2) is 53.9 Å². The molecule has 0 radical (unpaired) electrons. The summed E-state index contributed by atoms with van der Waals surface area (Å²) >= 11 is 1.24. The van der Waals surface area contributed by atoms with Crippen molar-refractivity contribution in [3.63, 3.8) is 0 Å². The van der Waals surface area contributed by atoms with Gasteiger partial charge in [0, 0.05) is 10.9 Å². The molecule has 5 heteroatoms. The van der Waals surface area contributed by atoms with Gasteiger partial charge in [-0.25, -0.2) is 9.37 Å². The number of nitrogens with zero attached hydrogens (tertiary/aromatic N) is 2. The smallest absolute Gasteiger partial charge is 0.146 e. The highest BCUT2D eigenvalue weighted by molar-refractivity contribution is 7.11. The molecule has 0 atom stereocenters. The molecule has 0 aliphatic rings. The quantitative estimate of drug-likeness (QED) is 0.528. The summed E-state index contributed by atoms with van der Waals surface area (Å²) in [6.45, 7) is 1.98. The first-order chi connectivity index (χ1) is 11.6. The van der Waals surface area contributed by atoms with Gasteiger partial charge in [0.1, 0.15) is 28.2 Å². The summed E-state index contributed by atoms with van der Waals surface area (Å²) < 4.78 is 13.9. The highest BCUT2D eigenvalue weighted by Crippen LogP contribution is 2.31. The first-order valence-electron chi connectivity index (χ1n) is 7.22. The Bertz CT molecular complexity index is 969. The van der Waals surface area contributed by atoms with Crippen LogP contribution >= 0.6 is 11.3 Å². The number of allylic oxidation sites excluding steroid dienone is 1. The molecule has 3 rings (SSSR count). The molecule has 0 saturated heterocycles. The minimum atomic E-state index is -0.585. The molecule has 3 nitrogen and oxygen atoms in total. The van der Waals surface area contributed by atoms with Crippen LogP contribution in [0.5, 0.6) is 0 Å². The molecule has 0 saturated carbocycles. The normalized spacial score (nSPS) is 11.7. The molecule has 0 spiro atoms. The van der Waals surface area contributed by atoms with Crippen LogP contribution in [0, 0.1) is 24.1 Å². The maximum absolute atomic E-state index is 13.9. The van der Waals surface area contributed by atoms with E-state index in [2.05, 4.69) is 4.98 Å². The van der Waals surface area contributed by atoms with Gasteiger partial charge < -0.3 is 5.11 Å². The van der Waals surface area contributed by atoms with E-state index in [-0.39, 0.29) is 11.1 Å². The summed E-state index contributed by atoms with van der Waals surface area (Å²) in [5, 5.41) is 21.9. The second-order valence-corrected chi connectivity index (χ2v) is 6.03. The predicted molar refractivity (Wildman–Crippen MR) is 93.7 cm³/mol. The zero-order valence-corrected chi connectivity index (χ0v) is 13.6. The van der Waals surface area contributed by atoms with Gasteiger partial charge in [-0.2, -0.15) is 5.26 Å². The van der Waals surface area contributed by atoms with Gasteiger partial charge in [0.2, 0.25) is 0 Å². The van der Waals surface area contributed by atoms with Gasteiger partial charge in [0.25, 0.3) is 0 Å². The fraction of sp³-hybridized carbons (Fsp3) is 0.0526. The molecular weight excluding hydrogens is 323 g/mol. The van der Waals surface area contributed by atoms with Crippen LogP contribution in [0.3, 0.4) is 0 Å². The van der Waals surface area contributed by atoms with Gasteiger partial charge in [-0.3, -0.25) is 0 Å². The van der Waals surface area contributed by atoms with E-state index in [1.807, 2.05) is 42.6 Å². The number of benzene rings is 2. The summed E-state index contributed by atoms with van der Waals surface area (Å²) in [5.74, 6) is -0.986. The van der Waals surface area contributed by atoms with Crippen LogP contribution in [0.25, 0.3) is 22.6 Å². The van der Waals surface area contributed by atoms with Crippen LogP contribution in [-0.2, 0) is 0 Å². The Morgan fingerprint density at radius 3 is 2.58 bits per heavy atom. The van der Waals surface area contributed by atoms with Crippen molar-refractivity contribution in [2.75, 3.05) is 0 Å². The van der Waals surface area contributed by atoms with Gasteiger partial charge >= 0.3 is 0 Å². The van der Waals surface area contributed by atoms with Crippen LogP contribution < -0.4 is 0 Å². The van der Waals surface area contributed by atoms with Crippen molar-refractivity contribution in [3.05, 3.63) is 75.9 Å². The molecule has 0 fully saturated rings. The molecule has 2 aromatic carbocycles. The zero-order valence-electron chi connectivity index (χ0n) is 12.8. The summed E-state index contributed by atoms with van der Waals surface area (Å²) in [6.07, 6.45) is 0. The van der Waals surface area contributed by atoms with Crippen molar-refractivity contribution in [2.45, 2.75) is 6.92 Å². The van der Waals surface area contributed by atoms with E-state index in [1.54, 1.807) is 6.07 Å². The van der Waals surface area contributed by atoms with Gasteiger partial charge in [-0.15, -0.1) is 11.3 Å². The van der Waals surface area contributed by atoms with E-state index >= 15 is 0 Å². The number of hydrogen-bond donors (Lipinski definition) is 1. The minimum absolute atomic E-state index is 0.0123. The van der Waals surface area contributed by atoms with Gasteiger partial charge in [0.15, 0.2) is 0 Å². The average molecular weight is 336 g/mol. The number of aliphatic hydroxyl groups is 1. The number of rotatable bonds is 3. The Hall–Kier alpha value is -2.97. The zero-order chi connectivity index (χ0) is 17.1. The third-order valence-corrected chi connectivity index (χ3v) is 4.48. The maximum atomic E-state index is 13.9. The number of aromatic nitrogens is 1. The topological polar surface area (TPSA) is 56.9 Å². The molecule has 0 unspecified atom stereocenters. The number of aryl methyl sites for hydroxylation is 1. The average Bonchev–Trinajstić information content (AvgIpc) is 3.05. The largest absolute Gasteiger partial charge is 0.506 e. The third-order valence-electron chi connectivity index (χ3n) is 3.62. The predicted octanol–water partition coefficient (Wildman–Crippen LogP) is 5.21. The second-order valence-electron chi connectivity index (χ2n) is 5.17. The molecule has 0 bridgehead atoms. The third kappa shape index (κ3) is 2.92. The highest BCUT2D eigenvalue weighted by Gasteiger charge is 2.17. The van der Waals surface area contributed by atoms with Crippen LogP contribution in [0.1, 0.15) is 16.1 Å². The molecule has 0 amide bonds. The Labute approximate surface area is 143 Å². The van der Waals surface area contributed by atoms with E-state index < -0.39 is 11.6 Å². The summed E-state index contributed by atoms with van der Waals surface area (Å²) in [5.41, 5.74) is 2.70. The van der Waals surface area contributed by atoms with Crippen molar-refractivity contribution in [2.24, 2.45) is 0 Å². The van der Waals surface area contributed by atoms with Gasteiger partial charge in [0.05, 0.1) is 11.3 Å².